The van der Waals surface area contributed by atoms with Gasteiger partial charge in [-0.2, -0.15) is 0 Å². The zero-order valence-corrected chi connectivity index (χ0v) is 10.6. The first-order valence-electron chi connectivity index (χ1n) is 5.77. The van der Waals surface area contributed by atoms with E-state index >= 15 is 0 Å². The monoisotopic (exact) mass is 236 g/mol. The van der Waals surface area contributed by atoms with Crippen LogP contribution in [0.1, 0.15) is 32.8 Å². The van der Waals surface area contributed by atoms with Gasteiger partial charge >= 0.3 is 0 Å². The molecule has 1 atom stereocenters. The average Bonchev–Trinajstić information content (AvgIpc) is 2.15. The number of nitro groups is 1. The zero-order valence-electron chi connectivity index (χ0n) is 10.6. The third-order valence-corrected chi connectivity index (χ3v) is 2.52. The molecular weight excluding hydrogens is 216 g/mol. The Kier molecular flexibility index (Phi) is 4.23. The van der Waals surface area contributed by atoms with Crippen molar-refractivity contribution in [2.24, 2.45) is 11.1 Å². The molecule has 0 spiro atoms. The van der Waals surface area contributed by atoms with Crippen LogP contribution in [0.4, 0.5) is 5.69 Å². The third kappa shape index (κ3) is 4.95. The lowest BCUT2D eigenvalue weighted by Gasteiger charge is -2.23. The Morgan fingerprint density at radius 2 is 1.82 bits per heavy atom. The summed E-state index contributed by atoms with van der Waals surface area (Å²) in [5, 5.41) is 10.5. The van der Waals surface area contributed by atoms with E-state index in [9.17, 15) is 10.1 Å². The fourth-order valence-corrected chi connectivity index (χ4v) is 1.92. The number of rotatable bonds is 4. The molecule has 0 saturated carbocycles. The Morgan fingerprint density at radius 3 is 2.24 bits per heavy atom. The largest absolute Gasteiger partial charge is 0.327 e. The van der Waals surface area contributed by atoms with Crippen LogP contribution in [-0.2, 0) is 6.42 Å². The van der Waals surface area contributed by atoms with Crippen molar-refractivity contribution in [1.82, 2.24) is 0 Å². The van der Waals surface area contributed by atoms with Gasteiger partial charge in [0.2, 0.25) is 0 Å². The number of benzene rings is 1. The van der Waals surface area contributed by atoms with E-state index in [0.717, 1.165) is 18.4 Å². The zero-order chi connectivity index (χ0) is 13.1. The molecule has 1 aromatic rings. The first-order chi connectivity index (χ1) is 7.78. The normalized spacial score (nSPS) is 13.4. The number of non-ortho nitro benzene ring substituents is 1. The Labute approximate surface area is 102 Å². The summed E-state index contributed by atoms with van der Waals surface area (Å²) in [6.07, 6.45) is 1.69. The SMILES string of the molecule is CC(C)(C)CC(N)Cc1ccc([N+](=O)[O-])cc1. The van der Waals surface area contributed by atoms with Crippen LogP contribution in [0.3, 0.4) is 0 Å². The molecule has 0 radical (unpaired) electrons. The number of nitro benzene ring substituents is 1. The van der Waals surface area contributed by atoms with Crippen molar-refractivity contribution >= 4 is 5.69 Å². The smallest absolute Gasteiger partial charge is 0.269 e. The van der Waals surface area contributed by atoms with Crippen molar-refractivity contribution in [1.29, 1.82) is 0 Å². The fraction of sp³-hybridized carbons (Fsp3) is 0.538. The molecule has 1 aromatic carbocycles. The highest BCUT2D eigenvalue weighted by molar-refractivity contribution is 5.33. The van der Waals surface area contributed by atoms with Crippen molar-refractivity contribution in [2.45, 2.75) is 39.7 Å². The topological polar surface area (TPSA) is 69.2 Å². The second-order valence-corrected chi connectivity index (χ2v) is 5.65. The second kappa shape index (κ2) is 5.27. The van der Waals surface area contributed by atoms with Crippen LogP contribution in [-0.4, -0.2) is 11.0 Å². The lowest BCUT2D eigenvalue weighted by molar-refractivity contribution is -0.384. The molecule has 4 nitrogen and oxygen atoms in total. The summed E-state index contributed by atoms with van der Waals surface area (Å²) >= 11 is 0. The quantitative estimate of drug-likeness (QED) is 0.645. The number of hydrogen-bond acceptors (Lipinski definition) is 3. The van der Waals surface area contributed by atoms with E-state index in [1.54, 1.807) is 12.1 Å². The van der Waals surface area contributed by atoms with Gasteiger partial charge in [0.25, 0.3) is 5.69 Å². The number of nitrogens with two attached hydrogens (primary N) is 1. The van der Waals surface area contributed by atoms with Gasteiger partial charge in [-0.3, -0.25) is 10.1 Å². The van der Waals surface area contributed by atoms with Crippen LogP contribution in [0.15, 0.2) is 24.3 Å². The highest BCUT2D eigenvalue weighted by Crippen LogP contribution is 2.22. The lowest BCUT2D eigenvalue weighted by Crippen LogP contribution is -2.28. The minimum Gasteiger partial charge on any atom is -0.327 e. The number of nitrogens with zero attached hydrogens (tertiary/aromatic N) is 1. The van der Waals surface area contributed by atoms with Gasteiger partial charge in [-0.05, 0) is 23.8 Å². The maximum atomic E-state index is 10.5. The minimum atomic E-state index is -0.390. The molecule has 0 aliphatic carbocycles. The second-order valence-electron chi connectivity index (χ2n) is 5.65. The molecule has 0 bridgehead atoms. The van der Waals surface area contributed by atoms with E-state index in [1.807, 2.05) is 0 Å². The summed E-state index contributed by atoms with van der Waals surface area (Å²) in [7, 11) is 0. The van der Waals surface area contributed by atoms with E-state index in [0.29, 0.717) is 0 Å². The van der Waals surface area contributed by atoms with Gasteiger partial charge in [-0.25, -0.2) is 0 Å². The van der Waals surface area contributed by atoms with Crippen molar-refractivity contribution in [3.8, 4) is 0 Å². The summed E-state index contributed by atoms with van der Waals surface area (Å²) < 4.78 is 0. The molecule has 1 rings (SSSR count). The highest BCUT2D eigenvalue weighted by atomic mass is 16.6. The molecule has 4 heteroatoms. The predicted molar refractivity (Wildman–Crippen MR) is 68.8 cm³/mol. The molecule has 17 heavy (non-hydrogen) atoms. The molecule has 2 N–H and O–H groups in total. The van der Waals surface area contributed by atoms with E-state index in [1.165, 1.54) is 12.1 Å². The highest BCUT2D eigenvalue weighted by Gasteiger charge is 2.16. The standard InChI is InChI=1S/C13H20N2O2/c1-13(2,3)9-11(14)8-10-4-6-12(7-5-10)15(16)17/h4-7,11H,8-9,14H2,1-3H3. The molecule has 1 unspecified atom stereocenters. The molecule has 0 aliphatic heterocycles. The summed E-state index contributed by atoms with van der Waals surface area (Å²) in [6, 6.07) is 6.70. The van der Waals surface area contributed by atoms with Crippen LogP contribution >= 0.6 is 0 Å². The molecule has 94 valence electrons. The average molecular weight is 236 g/mol. The third-order valence-electron chi connectivity index (χ3n) is 2.52. The number of hydrogen-bond donors (Lipinski definition) is 1. The van der Waals surface area contributed by atoms with Gasteiger partial charge in [0, 0.05) is 18.2 Å². The minimum absolute atomic E-state index is 0.0939. The predicted octanol–water partition coefficient (Wildman–Crippen LogP) is 2.90. The van der Waals surface area contributed by atoms with Crippen molar-refractivity contribution in [3.63, 3.8) is 0 Å². The summed E-state index contributed by atoms with van der Waals surface area (Å²) in [5.74, 6) is 0. The van der Waals surface area contributed by atoms with Gasteiger partial charge < -0.3 is 5.73 Å². The first kappa shape index (κ1) is 13.6. The van der Waals surface area contributed by atoms with Crippen LogP contribution in [0.2, 0.25) is 0 Å². The van der Waals surface area contributed by atoms with Gasteiger partial charge in [0.05, 0.1) is 4.92 Å². The Morgan fingerprint density at radius 1 is 1.29 bits per heavy atom. The van der Waals surface area contributed by atoms with Gasteiger partial charge in [-0.1, -0.05) is 32.9 Å². The van der Waals surface area contributed by atoms with E-state index in [4.69, 9.17) is 5.73 Å². The Balaban J connectivity index is 2.60. The fourth-order valence-electron chi connectivity index (χ4n) is 1.92. The summed E-state index contributed by atoms with van der Waals surface area (Å²) in [6.45, 7) is 6.47. The lowest BCUT2D eigenvalue weighted by atomic mass is 9.86. The maximum Gasteiger partial charge on any atom is 0.269 e. The molecule has 0 saturated heterocycles. The van der Waals surface area contributed by atoms with Crippen LogP contribution in [0.25, 0.3) is 0 Å². The molecule has 0 fully saturated rings. The first-order valence-corrected chi connectivity index (χ1v) is 5.77. The van der Waals surface area contributed by atoms with Crippen LogP contribution < -0.4 is 5.73 Å². The van der Waals surface area contributed by atoms with Gasteiger partial charge in [0.1, 0.15) is 0 Å². The summed E-state index contributed by atoms with van der Waals surface area (Å²) in [5.41, 5.74) is 7.44. The van der Waals surface area contributed by atoms with E-state index < -0.39 is 4.92 Å². The molecule has 0 aliphatic rings. The molecular formula is C13H20N2O2. The maximum absolute atomic E-state index is 10.5. The summed E-state index contributed by atoms with van der Waals surface area (Å²) in [4.78, 5) is 10.1. The van der Waals surface area contributed by atoms with E-state index in [-0.39, 0.29) is 17.1 Å². The van der Waals surface area contributed by atoms with Crippen molar-refractivity contribution < 1.29 is 4.92 Å². The van der Waals surface area contributed by atoms with Gasteiger partial charge in [-0.15, -0.1) is 0 Å². The van der Waals surface area contributed by atoms with E-state index in [2.05, 4.69) is 20.8 Å². The van der Waals surface area contributed by atoms with Gasteiger partial charge in [0.15, 0.2) is 0 Å². The molecule has 0 aromatic heterocycles. The van der Waals surface area contributed by atoms with Crippen LogP contribution in [0, 0.1) is 15.5 Å². The Hall–Kier alpha value is -1.42. The molecule has 0 amide bonds. The molecule has 0 heterocycles. The van der Waals surface area contributed by atoms with Crippen molar-refractivity contribution in [2.75, 3.05) is 0 Å². The van der Waals surface area contributed by atoms with Crippen LogP contribution in [0.5, 0.6) is 0 Å². The van der Waals surface area contributed by atoms with Crippen molar-refractivity contribution in [3.05, 3.63) is 39.9 Å². The Bertz CT molecular complexity index is 379.